The maximum atomic E-state index is 12.5. The van der Waals surface area contributed by atoms with Gasteiger partial charge in [-0.1, -0.05) is 23.7 Å². The first kappa shape index (κ1) is 20.0. The molecule has 3 heterocycles. The van der Waals surface area contributed by atoms with E-state index in [-0.39, 0.29) is 12.2 Å². The first-order valence-electron chi connectivity index (χ1n) is 9.79. The molecule has 1 aliphatic rings. The Hall–Kier alpha value is -2.32. The van der Waals surface area contributed by atoms with Gasteiger partial charge >= 0.3 is 0 Å². The summed E-state index contributed by atoms with van der Waals surface area (Å²) in [7, 11) is 0. The van der Waals surface area contributed by atoms with Crippen LogP contribution in [-0.4, -0.2) is 34.6 Å². The molecule has 7 nitrogen and oxygen atoms in total. The zero-order valence-corrected chi connectivity index (χ0v) is 16.8. The topological polar surface area (TPSA) is 91.9 Å². The van der Waals surface area contributed by atoms with Crippen molar-refractivity contribution in [2.75, 3.05) is 19.6 Å². The lowest BCUT2D eigenvalue weighted by Gasteiger charge is -2.11. The van der Waals surface area contributed by atoms with Crippen LogP contribution in [0.4, 0.5) is 0 Å². The third-order valence-corrected chi connectivity index (χ3v) is 5.27. The number of pyridine rings is 1. The Labute approximate surface area is 173 Å². The molecule has 3 N–H and O–H groups in total. The van der Waals surface area contributed by atoms with E-state index in [9.17, 15) is 4.79 Å². The SMILES string of the molecule is O=c1[nH]c(COCc2cccc(Cl)c2)nc2c(CNC[C@H]3CCNC3)nccc12. The van der Waals surface area contributed by atoms with Crippen LogP contribution in [0, 0.1) is 5.92 Å². The second-order valence-corrected chi connectivity index (χ2v) is 7.72. The van der Waals surface area contributed by atoms with Crippen molar-refractivity contribution in [3.63, 3.8) is 0 Å². The van der Waals surface area contributed by atoms with Crippen LogP contribution >= 0.6 is 11.6 Å². The first-order valence-corrected chi connectivity index (χ1v) is 10.2. The van der Waals surface area contributed by atoms with Crippen LogP contribution in [0.15, 0.2) is 41.3 Å². The molecule has 1 fully saturated rings. The molecule has 29 heavy (non-hydrogen) atoms. The number of nitrogens with one attached hydrogen (secondary N) is 3. The fourth-order valence-corrected chi connectivity index (χ4v) is 3.75. The zero-order chi connectivity index (χ0) is 20.1. The molecule has 0 spiro atoms. The van der Waals surface area contributed by atoms with Gasteiger partial charge in [0.2, 0.25) is 0 Å². The Morgan fingerprint density at radius 1 is 1.28 bits per heavy atom. The number of fused-ring (bicyclic) bond motifs is 1. The first-order chi connectivity index (χ1) is 14.2. The molecule has 8 heteroatoms. The van der Waals surface area contributed by atoms with Crippen LogP contribution in [0.5, 0.6) is 0 Å². The number of hydrogen-bond donors (Lipinski definition) is 3. The minimum atomic E-state index is -0.181. The predicted octanol–water partition coefficient (Wildman–Crippen LogP) is 2.39. The van der Waals surface area contributed by atoms with E-state index in [2.05, 4.69) is 25.6 Å². The minimum absolute atomic E-state index is 0.181. The molecule has 0 aliphatic carbocycles. The van der Waals surface area contributed by atoms with Crippen molar-refractivity contribution in [3.8, 4) is 0 Å². The number of halogens is 1. The molecule has 0 unspecified atom stereocenters. The summed E-state index contributed by atoms with van der Waals surface area (Å²) in [6.07, 6.45) is 2.84. The fraction of sp³-hybridized carbons (Fsp3) is 0.381. The minimum Gasteiger partial charge on any atom is -0.369 e. The van der Waals surface area contributed by atoms with Gasteiger partial charge in [0.1, 0.15) is 17.9 Å². The van der Waals surface area contributed by atoms with Crippen molar-refractivity contribution < 1.29 is 4.74 Å². The summed E-state index contributed by atoms with van der Waals surface area (Å²) in [6.45, 7) is 4.21. The van der Waals surface area contributed by atoms with Crippen molar-refractivity contribution in [2.45, 2.75) is 26.2 Å². The summed E-state index contributed by atoms with van der Waals surface area (Å²) in [4.78, 5) is 24.3. The van der Waals surface area contributed by atoms with Crippen molar-refractivity contribution in [3.05, 3.63) is 69.0 Å². The second-order valence-electron chi connectivity index (χ2n) is 7.28. The van der Waals surface area contributed by atoms with Gasteiger partial charge in [-0.3, -0.25) is 9.78 Å². The van der Waals surface area contributed by atoms with Gasteiger partial charge in [-0.05, 0) is 55.7 Å². The smallest absolute Gasteiger partial charge is 0.258 e. The highest BCUT2D eigenvalue weighted by atomic mass is 35.5. The van der Waals surface area contributed by atoms with Gasteiger partial charge in [0, 0.05) is 17.8 Å². The Morgan fingerprint density at radius 3 is 3.03 bits per heavy atom. The molecule has 1 atom stereocenters. The van der Waals surface area contributed by atoms with Crippen LogP contribution in [0.3, 0.4) is 0 Å². The molecule has 3 aromatic rings. The molecule has 4 rings (SSSR count). The largest absolute Gasteiger partial charge is 0.369 e. The number of H-pyrrole nitrogens is 1. The summed E-state index contributed by atoms with van der Waals surface area (Å²) in [5.74, 6) is 1.12. The third-order valence-electron chi connectivity index (χ3n) is 5.03. The molecular weight excluding hydrogens is 390 g/mol. The summed E-state index contributed by atoms with van der Waals surface area (Å²) < 4.78 is 5.72. The average molecular weight is 414 g/mol. The fourth-order valence-electron chi connectivity index (χ4n) is 3.54. The average Bonchev–Trinajstić information content (AvgIpc) is 3.22. The molecule has 152 valence electrons. The number of aromatic nitrogens is 3. The van der Waals surface area contributed by atoms with Crippen LogP contribution in [0.25, 0.3) is 10.9 Å². The highest BCUT2D eigenvalue weighted by Crippen LogP contribution is 2.14. The second kappa shape index (κ2) is 9.45. The van der Waals surface area contributed by atoms with Gasteiger partial charge in [0.05, 0.1) is 17.7 Å². The number of ether oxygens (including phenoxy) is 1. The summed E-state index contributed by atoms with van der Waals surface area (Å²) in [5.41, 5.74) is 2.18. The van der Waals surface area contributed by atoms with Crippen LogP contribution in [0.2, 0.25) is 5.02 Å². The molecule has 0 radical (unpaired) electrons. The van der Waals surface area contributed by atoms with E-state index < -0.39 is 0 Å². The molecule has 1 aromatic carbocycles. The monoisotopic (exact) mass is 413 g/mol. The lowest BCUT2D eigenvalue weighted by Crippen LogP contribution is -2.25. The molecule has 0 amide bonds. The van der Waals surface area contributed by atoms with Crippen LogP contribution in [0.1, 0.15) is 23.5 Å². The Morgan fingerprint density at radius 2 is 2.21 bits per heavy atom. The maximum absolute atomic E-state index is 12.5. The van der Waals surface area contributed by atoms with E-state index in [1.807, 2.05) is 24.3 Å². The number of aromatic amines is 1. The Bertz CT molecular complexity index is 1030. The third kappa shape index (κ3) is 5.19. The Balaban J connectivity index is 1.44. The van der Waals surface area contributed by atoms with E-state index in [4.69, 9.17) is 16.3 Å². The van der Waals surface area contributed by atoms with Crippen LogP contribution < -0.4 is 16.2 Å². The van der Waals surface area contributed by atoms with E-state index in [1.165, 1.54) is 6.42 Å². The summed E-state index contributed by atoms with van der Waals surface area (Å²) in [5, 5.41) is 8.02. The van der Waals surface area contributed by atoms with Crippen molar-refractivity contribution >= 4 is 22.5 Å². The van der Waals surface area contributed by atoms with E-state index in [0.717, 1.165) is 30.9 Å². The number of benzene rings is 1. The van der Waals surface area contributed by atoms with Gasteiger partial charge in [-0.2, -0.15) is 0 Å². The highest BCUT2D eigenvalue weighted by Gasteiger charge is 2.14. The zero-order valence-electron chi connectivity index (χ0n) is 16.1. The molecule has 0 bridgehead atoms. The van der Waals surface area contributed by atoms with Crippen molar-refractivity contribution in [1.82, 2.24) is 25.6 Å². The Kier molecular flexibility index (Phi) is 6.51. The number of rotatable bonds is 8. The van der Waals surface area contributed by atoms with Gasteiger partial charge in [-0.25, -0.2) is 4.98 Å². The standard InChI is InChI=1S/C21H24ClN5O2/c22-16-3-1-2-14(8-16)12-29-13-19-26-20-17(21(28)27-19)5-7-25-18(20)11-24-10-15-4-6-23-9-15/h1-3,5,7-8,15,23-24H,4,6,9-13H2,(H,26,27,28)/t15-/m0/s1. The number of nitrogens with zero attached hydrogens (tertiary/aromatic N) is 2. The number of hydrogen-bond acceptors (Lipinski definition) is 6. The van der Waals surface area contributed by atoms with E-state index in [1.54, 1.807) is 12.3 Å². The lowest BCUT2D eigenvalue weighted by molar-refractivity contribution is 0.102. The normalized spacial score (nSPS) is 16.5. The van der Waals surface area contributed by atoms with E-state index >= 15 is 0 Å². The summed E-state index contributed by atoms with van der Waals surface area (Å²) in [6, 6.07) is 9.19. The maximum Gasteiger partial charge on any atom is 0.258 e. The van der Waals surface area contributed by atoms with Gasteiger partial charge in [0.25, 0.3) is 5.56 Å². The van der Waals surface area contributed by atoms with Crippen molar-refractivity contribution in [2.24, 2.45) is 5.92 Å². The van der Waals surface area contributed by atoms with Crippen molar-refractivity contribution in [1.29, 1.82) is 0 Å². The van der Waals surface area contributed by atoms with Gasteiger partial charge < -0.3 is 20.4 Å². The molecule has 1 saturated heterocycles. The lowest BCUT2D eigenvalue weighted by atomic mass is 10.1. The van der Waals surface area contributed by atoms with Gasteiger partial charge in [-0.15, -0.1) is 0 Å². The van der Waals surface area contributed by atoms with Gasteiger partial charge in [0.15, 0.2) is 0 Å². The van der Waals surface area contributed by atoms with Crippen LogP contribution in [-0.2, 0) is 24.5 Å². The quantitative estimate of drug-likeness (QED) is 0.525. The highest BCUT2D eigenvalue weighted by molar-refractivity contribution is 6.30. The molecule has 0 saturated carbocycles. The summed E-state index contributed by atoms with van der Waals surface area (Å²) >= 11 is 6.00. The molecule has 1 aliphatic heterocycles. The molecule has 2 aromatic heterocycles. The molecular formula is C21H24ClN5O2. The van der Waals surface area contributed by atoms with E-state index in [0.29, 0.717) is 40.8 Å². The predicted molar refractivity (Wildman–Crippen MR) is 113 cm³/mol.